The molecule has 1 fully saturated rings. The normalized spacial score (nSPS) is 18.2. The highest BCUT2D eigenvalue weighted by Gasteiger charge is 2.25. The van der Waals surface area contributed by atoms with Crippen molar-refractivity contribution in [3.05, 3.63) is 52.8 Å². The molecule has 6 nitrogen and oxygen atoms in total. The summed E-state index contributed by atoms with van der Waals surface area (Å²) in [5.74, 6) is 0.949. The molecule has 2 aromatic rings. The van der Waals surface area contributed by atoms with Gasteiger partial charge in [0.05, 0.1) is 25.9 Å². The Labute approximate surface area is 155 Å². The molecule has 1 aliphatic heterocycles. The summed E-state index contributed by atoms with van der Waals surface area (Å²) in [4.78, 5) is 7.17. The van der Waals surface area contributed by atoms with E-state index in [0.717, 1.165) is 31.2 Å². The molecule has 3 rings (SSSR count). The molecular formula is C20H29N5O. The Morgan fingerprint density at radius 3 is 2.92 bits per heavy atom. The average Bonchev–Trinajstić information content (AvgIpc) is 3.06. The fourth-order valence-electron chi connectivity index (χ4n) is 3.26. The molecule has 1 unspecified atom stereocenters. The fourth-order valence-corrected chi connectivity index (χ4v) is 3.26. The van der Waals surface area contributed by atoms with Gasteiger partial charge < -0.3 is 15.0 Å². The third-order valence-electron chi connectivity index (χ3n) is 4.69. The van der Waals surface area contributed by atoms with Crippen molar-refractivity contribution in [2.45, 2.75) is 33.4 Å². The molecule has 0 aliphatic carbocycles. The topological polar surface area (TPSA) is 54.7 Å². The van der Waals surface area contributed by atoms with Crippen molar-refractivity contribution in [3.8, 4) is 0 Å². The molecule has 1 aromatic heterocycles. The number of guanidine groups is 1. The van der Waals surface area contributed by atoms with Gasteiger partial charge >= 0.3 is 0 Å². The van der Waals surface area contributed by atoms with Gasteiger partial charge in [0, 0.05) is 31.9 Å². The lowest BCUT2D eigenvalue weighted by Crippen LogP contribution is -2.48. The number of nitrogens with one attached hydrogen (secondary N) is 1. The SMILES string of the molecule is CCNC(=NCc1ccc(C)cc1C)N1CCOC(c2cnn(C)c2)C1. The van der Waals surface area contributed by atoms with Crippen LogP contribution in [0.2, 0.25) is 0 Å². The molecule has 140 valence electrons. The number of rotatable bonds is 4. The molecule has 1 saturated heterocycles. The van der Waals surface area contributed by atoms with Gasteiger partial charge in [-0.3, -0.25) is 4.68 Å². The molecular weight excluding hydrogens is 326 g/mol. The first-order valence-electron chi connectivity index (χ1n) is 9.26. The second kappa shape index (κ2) is 8.36. The monoisotopic (exact) mass is 355 g/mol. The Morgan fingerprint density at radius 1 is 1.38 bits per heavy atom. The van der Waals surface area contributed by atoms with Gasteiger partial charge in [-0.15, -0.1) is 0 Å². The second-order valence-corrected chi connectivity index (χ2v) is 6.85. The number of benzene rings is 1. The smallest absolute Gasteiger partial charge is 0.194 e. The summed E-state index contributed by atoms with van der Waals surface area (Å²) in [7, 11) is 1.93. The van der Waals surface area contributed by atoms with Gasteiger partial charge in [-0.05, 0) is 31.9 Å². The highest BCUT2D eigenvalue weighted by molar-refractivity contribution is 5.80. The summed E-state index contributed by atoms with van der Waals surface area (Å²) in [5.41, 5.74) is 4.96. The van der Waals surface area contributed by atoms with Gasteiger partial charge in [-0.1, -0.05) is 23.8 Å². The van der Waals surface area contributed by atoms with E-state index in [1.165, 1.54) is 16.7 Å². The average molecular weight is 355 g/mol. The number of aromatic nitrogens is 2. The molecule has 0 spiro atoms. The Balaban J connectivity index is 1.73. The lowest BCUT2D eigenvalue weighted by atomic mass is 10.1. The molecule has 1 aliphatic rings. The molecule has 1 atom stereocenters. The first kappa shape index (κ1) is 18.5. The van der Waals surface area contributed by atoms with E-state index < -0.39 is 0 Å². The number of nitrogens with zero attached hydrogens (tertiary/aromatic N) is 4. The minimum atomic E-state index is 0.0300. The number of ether oxygens (including phenoxy) is 1. The molecule has 2 heterocycles. The van der Waals surface area contributed by atoms with E-state index in [2.05, 4.69) is 54.3 Å². The van der Waals surface area contributed by atoms with Crippen LogP contribution in [0.1, 0.15) is 35.3 Å². The Morgan fingerprint density at radius 2 is 2.23 bits per heavy atom. The van der Waals surface area contributed by atoms with Gasteiger partial charge in [0.25, 0.3) is 0 Å². The van der Waals surface area contributed by atoms with Crippen LogP contribution in [0.5, 0.6) is 0 Å². The van der Waals surface area contributed by atoms with Crippen molar-refractivity contribution in [1.29, 1.82) is 0 Å². The van der Waals surface area contributed by atoms with Crippen molar-refractivity contribution in [2.75, 3.05) is 26.2 Å². The quantitative estimate of drug-likeness (QED) is 0.677. The minimum absolute atomic E-state index is 0.0300. The first-order chi connectivity index (χ1) is 12.6. The van der Waals surface area contributed by atoms with Gasteiger partial charge in [0.2, 0.25) is 0 Å². The third-order valence-corrected chi connectivity index (χ3v) is 4.69. The highest BCUT2D eigenvalue weighted by atomic mass is 16.5. The Hall–Kier alpha value is -2.34. The highest BCUT2D eigenvalue weighted by Crippen LogP contribution is 2.22. The number of hydrogen-bond donors (Lipinski definition) is 1. The lowest BCUT2D eigenvalue weighted by Gasteiger charge is -2.34. The van der Waals surface area contributed by atoms with Crippen LogP contribution in [0.25, 0.3) is 0 Å². The van der Waals surface area contributed by atoms with Crippen molar-refractivity contribution < 1.29 is 4.74 Å². The van der Waals surface area contributed by atoms with Crippen molar-refractivity contribution >= 4 is 5.96 Å². The summed E-state index contributed by atoms with van der Waals surface area (Å²) in [6.07, 6.45) is 3.93. The van der Waals surface area contributed by atoms with E-state index >= 15 is 0 Å². The maximum absolute atomic E-state index is 5.95. The number of aliphatic imine (C=N–C) groups is 1. The minimum Gasteiger partial charge on any atom is -0.370 e. The second-order valence-electron chi connectivity index (χ2n) is 6.85. The Bertz CT molecular complexity index is 767. The molecule has 0 amide bonds. The number of aryl methyl sites for hydroxylation is 3. The van der Waals surface area contributed by atoms with Crippen molar-refractivity contribution in [3.63, 3.8) is 0 Å². The largest absolute Gasteiger partial charge is 0.370 e. The zero-order valence-corrected chi connectivity index (χ0v) is 16.2. The van der Waals surface area contributed by atoms with E-state index in [9.17, 15) is 0 Å². The van der Waals surface area contributed by atoms with Crippen molar-refractivity contribution in [1.82, 2.24) is 20.0 Å². The van der Waals surface area contributed by atoms with E-state index in [1.54, 1.807) is 0 Å². The first-order valence-corrected chi connectivity index (χ1v) is 9.26. The van der Waals surface area contributed by atoms with E-state index in [4.69, 9.17) is 9.73 Å². The third kappa shape index (κ3) is 4.43. The number of morpholine rings is 1. The zero-order valence-electron chi connectivity index (χ0n) is 16.2. The molecule has 0 radical (unpaired) electrons. The van der Waals surface area contributed by atoms with E-state index in [1.807, 2.05) is 24.1 Å². The summed E-state index contributed by atoms with van der Waals surface area (Å²) >= 11 is 0. The van der Waals surface area contributed by atoms with Crippen LogP contribution in [0.15, 0.2) is 35.6 Å². The van der Waals surface area contributed by atoms with Gasteiger partial charge in [-0.2, -0.15) is 5.10 Å². The van der Waals surface area contributed by atoms with Crippen LogP contribution >= 0.6 is 0 Å². The van der Waals surface area contributed by atoms with E-state index in [-0.39, 0.29) is 6.10 Å². The van der Waals surface area contributed by atoms with Crippen LogP contribution in [0, 0.1) is 13.8 Å². The van der Waals surface area contributed by atoms with Crippen LogP contribution in [-0.4, -0.2) is 46.9 Å². The molecule has 1 N–H and O–H groups in total. The molecule has 1 aromatic carbocycles. The van der Waals surface area contributed by atoms with Crippen molar-refractivity contribution in [2.24, 2.45) is 12.0 Å². The standard InChI is InChI=1S/C20H29N5O/c1-5-21-20(22-11-17-7-6-15(2)10-16(17)3)25-8-9-26-19(14-25)18-12-23-24(4)13-18/h6-7,10,12-13,19H,5,8-9,11,14H2,1-4H3,(H,21,22). The predicted octanol–water partition coefficient (Wildman–Crippen LogP) is 2.58. The Kier molecular flexibility index (Phi) is 5.93. The van der Waals surface area contributed by atoms with Gasteiger partial charge in [0.15, 0.2) is 5.96 Å². The van der Waals surface area contributed by atoms with Gasteiger partial charge in [0.1, 0.15) is 6.10 Å². The molecule has 0 bridgehead atoms. The van der Waals surface area contributed by atoms with Crippen LogP contribution in [0.3, 0.4) is 0 Å². The van der Waals surface area contributed by atoms with E-state index in [0.29, 0.717) is 13.2 Å². The molecule has 0 saturated carbocycles. The number of hydrogen-bond acceptors (Lipinski definition) is 3. The summed E-state index contributed by atoms with van der Waals surface area (Å²) in [5, 5.41) is 7.69. The summed E-state index contributed by atoms with van der Waals surface area (Å²) in [6, 6.07) is 6.54. The fraction of sp³-hybridized carbons (Fsp3) is 0.500. The predicted molar refractivity (Wildman–Crippen MR) is 104 cm³/mol. The van der Waals surface area contributed by atoms with Crippen LogP contribution in [-0.2, 0) is 18.3 Å². The maximum Gasteiger partial charge on any atom is 0.194 e. The molecule has 6 heteroatoms. The summed E-state index contributed by atoms with van der Waals surface area (Å²) < 4.78 is 7.77. The lowest BCUT2D eigenvalue weighted by molar-refractivity contribution is -0.00805. The zero-order chi connectivity index (χ0) is 18.5. The van der Waals surface area contributed by atoms with Gasteiger partial charge in [-0.25, -0.2) is 4.99 Å². The molecule has 26 heavy (non-hydrogen) atoms. The summed E-state index contributed by atoms with van der Waals surface area (Å²) in [6.45, 7) is 10.2. The van der Waals surface area contributed by atoms with Crippen LogP contribution < -0.4 is 5.32 Å². The maximum atomic E-state index is 5.95. The van der Waals surface area contributed by atoms with Crippen LogP contribution in [0.4, 0.5) is 0 Å².